The third kappa shape index (κ3) is 3.07. The number of nitriles is 1. The van der Waals surface area contributed by atoms with Crippen molar-refractivity contribution in [3.63, 3.8) is 0 Å². The fraction of sp³-hybridized carbons (Fsp3) is 0. The molecule has 5 nitrogen and oxygen atoms in total. The molecular weight excluding hydrogens is 344 g/mol. The Bertz CT molecular complexity index is 727. The normalized spacial score (nSPS) is 9.85. The Kier molecular flexibility index (Phi) is 4.23. The van der Waals surface area contributed by atoms with Gasteiger partial charge in [0.25, 0.3) is 5.91 Å². The largest absolute Gasteiger partial charge is 0.384 e. The fourth-order valence-electron chi connectivity index (χ4n) is 1.54. The van der Waals surface area contributed by atoms with Crippen LogP contribution >= 0.6 is 27.5 Å². The van der Waals surface area contributed by atoms with Gasteiger partial charge in [-0.2, -0.15) is 5.26 Å². The van der Waals surface area contributed by atoms with Crippen LogP contribution in [0.15, 0.2) is 34.9 Å². The molecule has 7 heteroatoms. The first-order valence-electron chi connectivity index (χ1n) is 5.43. The van der Waals surface area contributed by atoms with Crippen LogP contribution in [0.25, 0.3) is 0 Å². The number of nitrogens with zero attached hydrogens (tertiary/aromatic N) is 2. The van der Waals surface area contributed by atoms with Gasteiger partial charge in [-0.15, -0.1) is 0 Å². The molecule has 0 aliphatic heterocycles. The van der Waals surface area contributed by atoms with Gasteiger partial charge >= 0.3 is 0 Å². The van der Waals surface area contributed by atoms with Gasteiger partial charge in [-0.05, 0) is 24.3 Å². The second-order valence-corrected chi connectivity index (χ2v) is 5.17. The Morgan fingerprint density at radius 1 is 1.45 bits per heavy atom. The van der Waals surface area contributed by atoms with Crippen LogP contribution < -0.4 is 11.1 Å². The van der Waals surface area contributed by atoms with Crippen LogP contribution in [0.3, 0.4) is 0 Å². The molecule has 0 aliphatic rings. The smallest absolute Gasteiger partial charge is 0.257 e. The number of pyridine rings is 1. The van der Waals surface area contributed by atoms with Crippen LogP contribution in [0.5, 0.6) is 0 Å². The molecule has 1 aromatic heterocycles. The van der Waals surface area contributed by atoms with Gasteiger partial charge in [0, 0.05) is 10.7 Å². The number of nitrogens with one attached hydrogen (secondary N) is 1. The van der Waals surface area contributed by atoms with E-state index >= 15 is 0 Å². The Morgan fingerprint density at radius 2 is 2.20 bits per heavy atom. The van der Waals surface area contributed by atoms with E-state index in [9.17, 15) is 4.79 Å². The molecule has 1 aromatic carbocycles. The summed E-state index contributed by atoms with van der Waals surface area (Å²) in [5, 5.41) is 11.9. The van der Waals surface area contributed by atoms with E-state index in [1.807, 2.05) is 6.07 Å². The number of benzene rings is 1. The summed E-state index contributed by atoms with van der Waals surface area (Å²) in [6.07, 6.45) is 1.30. The summed E-state index contributed by atoms with van der Waals surface area (Å²) < 4.78 is 0.748. The lowest BCUT2D eigenvalue weighted by Gasteiger charge is -2.08. The summed E-state index contributed by atoms with van der Waals surface area (Å²) in [6.45, 7) is 0. The molecule has 0 bridgehead atoms. The highest BCUT2D eigenvalue weighted by Crippen LogP contribution is 2.23. The zero-order chi connectivity index (χ0) is 14.7. The Hall–Kier alpha value is -2.10. The molecule has 0 atom stereocenters. The standard InChI is InChI=1S/C13H8BrClN4O/c14-8-1-2-11(7(3-8)5-16)19-13(20)9-4-12(17)18-6-10(9)15/h1-4,6H,(H2,17,18)(H,19,20). The first-order valence-corrected chi connectivity index (χ1v) is 6.60. The van der Waals surface area contributed by atoms with Crippen LogP contribution in [-0.4, -0.2) is 10.9 Å². The number of carbonyl (C=O) groups excluding carboxylic acids is 1. The number of nitrogen functional groups attached to an aromatic ring is 1. The maximum Gasteiger partial charge on any atom is 0.257 e. The summed E-state index contributed by atoms with van der Waals surface area (Å²) in [7, 11) is 0. The first-order chi connectivity index (χ1) is 9.51. The van der Waals surface area contributed by atoms with Crippen molar-refractivity contribution in [3.05, 3.63) is 51.1 Å². The highest BCUT2D eigenvalue weighted by atomic mass is 79.9. The maximum atomic E-state index is 12.1. The van der Waals surface area contributed by atoms with Crippen LogP contribution in [0.4, 0.5) is 11.5 Å². The highest BCUT2D eigenvalue weighted by molar-refractivity contribution is 9.10. The molecule has 0 unspecified atom stereocenters. The second kappa shape index (κ2) is 5.90. The monoisotopic (exact) mass is 350 g/mol. The van der Waals surface area contributed by atoms with E-state index < -0.39 is 5.91 Å². The number of amides is 1. The Morgan fingerprint density at radius 3 is 2.90 bits per heavy atom. The minimum Gasteiger partial charge on any atom is -0.384 e. The van der Waals surface area contributed by atoms with Crippen molar-refractivity contribution in [2.75, 3.05) is 11.1 Å². The molecule has 0 fully saturated rings. The number of carbonyl (C=O) groups is 1. The van der Waals surface area contributed by atoms with E-state index in [4.69, 9.17) is 22.6 Å². The van der Waals surface area contributed by atoms with Crippen molar-refractivity contribution < 1.29 is 4.79 Å². The van der Waals surface area contributed by atoms with Gasteiger partial charge in [-0.1, -0.05) is 27.5 Å². The number of anilines is 2. The number of aromatic nitrogens is 1. The van der Waals surface area contributed by atoms with Crippen molar-refractivity contribution in [3.8, 4) is 6.07 Å². The average Bonchev–Trinajstić information content (AvgIpc) is 2.43. The van der Waals surface area contributed by atoms with Crippen molar-refractivity contribution >= 4 is 44.9 Å². The van der Waals surface area contributed by atoms with Crippen molar-refractivity contribution in [2.45, 2.75) is 0 Å². The minimum absolute atomic E-state index is 0.187. The lowest BCUT2D eigenvalue weighted by molar-refractivity contribution is 0.102. The quantitative estimate of drug-likeness (QED) is 0.869. The number of rotatable bonds is 2. The molecule has 1 amide bonds. The molecule has 0 aliphatic carbocycles. The predicted octanol–water partition coefficient (Wildman–Crippen LogP) is 3.20. The molecular formula is C13H8BrClN4O. The van der Waals surface area contributed by atoms with Gasteiger partial charge in [0.1, 0.15) is 11.9 Å². The third-order valence-electron chi connectivity index (χ3n) is 2.47. The van der Waals surface area contributed by atoms with Gasteiger partial charge in [0.2, 0.25) is 0 Å². The minimum atomic E-state index is -0.456. The highest BCUT2D eigenvalue weighted by Gasteiger charge is 2.13. The van der Waals surface area contributed by atoms with E-state index in [0.717, 1.165) is 4.47 Å². The van der Waals surface area contributed by atoms with Gasteiger partial charge in [-0.25, -0.2) is 4.98 Å². The predicted molar refractivity (Wildman–Crippen MR) is 80.5 cm³/mol. The first kappa shape index (κ1) is 14.3. The van der Waals surface area contributed by atoms with Crippen LogP contribution in [0.1, 0.15) is 15.9 Å². The van der Waals surface area contributed by atoms with Gasteiger partial charge in [-0.3, -0.25) is 4.79 Å². The SMILES string of the molecule is N#Cc1cc(Br)ccc1NC(=O)c1cc(N)ncc1Cl. The summed E-state index contributed by atoms with van der Waals surface area (Å²) in [4.78, 5) is 15.9. The molecule has 20 heavy (non-hydrogen) atoms. The van der Waals surface area contributed by atoms with E-state index in [1.165, 1.54) is 12.3 Å². The zero-order valence-electron chi connectivity index (χ0n) is 10.0. The Labute approximate surface area is 128 Å². The van der Waals surface area contributed by atoms with Crippen molar-refractivity contribution in [2.24, 2.45) is 0 Å². The lowest BCUT2D eigenvalue weighted by atomic mass is 10.1. The topological polar surface area (TPSA) is 91.8 Å². The summed E-state index contributed by atoms with van der Waals surface area (Å²) in [6, 6.07) is 8.34. The number of halogens is 2. The molecule has 1 heterocycles. The molecule has 0 radical (unpaired) electrons. The van der Waals surface area contributed by atoms with Crippen LogP contribution in [0.2, 0.25) is 5.02 Å². The Balaban J connectivity index is 2.33. The number of nitrogens with two attached hydrogens (primary N) is 1. The zero-order valence-corrected chi connectivity index (χ0v) is 12.4. The van der Waals surface area contributed by atoms with Crippen molar-refractivity contribution in [1.29, 1.82) is 5.26 Å². The van der Waals surface area contributed by atoms with Gasteiger partial charge in [0.15, 0.2) is 0 Å². The van der Waals surface area contributed by atoms with Crippen LogP contribution in [-0.2, 0) is 0 Å². The van der Waals surface area contributed by atoms with E-state index in [2.05, 4.69) is 26.2 Å². The lowest BCUT2D eigenvalue weighted by Crippen LogP contribution is -2.14. The summed E-state index contributed by atoms with van der Waals surface area (Å²) in [5.41, 5.74) is 6.46. The molecule has 2 aromatic rings. The number of hydrogen-bond acceptors (Lipinski definition) is 4. The average molecular weight is 352 g/mol. The van der Waals surface area contributed by atoms with E-state index in [-0.39, 0.29) is 16.4 Å². The molecule has 0 saturated heterocycles. The summed E-state index contributed by atoms with van der Waals surface area (Å²) in [5.74, 6) is -0.265. The maximum absolute atomic E-state index is 12.1. The van der Waals surface area contributed by atoms with Gasteiger partial charge in [0.05, 0.1) is 21.8 Å². The van der Waals surface area contributed by atoms with Crippen molar-refractivity contribution in [1.82, 2.24) is 4.98 Å². The molecule has 3 N–H and O–H groups in total. The van der Waals surface area contributed by atoms with E-state index in [0.29, 0.717) is 11.3 Å². The number of hydrogen-bond donors (Lipinski definition) is 2. The molecule has 0 spiro atoms. The second-order valence-electron chi connectivity index (χ2n) is 3.84. The summed E-state index contributed by atoms with van der Waals surface area (Å²) >= 11 is 9.16. The molecule has 2 rings (SSSR count). The van der Waals surface area contributed by atoms with E-state index in [1.54, 1.807) is 18.2 Å². The van der Waals surface area contributed by atoms with Gasteiger partial charge < -0.3 is 11.1 Å². The fourth-order valence-corrected chi connectivity index (χ4v) is 2.09. The molecule has 0 saturated carbocycles. The molecule has 100 valence electrons. The van der Waals surface area contributed by atoms with Crippen LogP contribution in [0, 0.1) is 11.3 Å². The third-order valence-corrected chi connectivity index (χ3v) is 3.27.